The van der Waals surface area contributed by atoms with Crippen molar-refractivity contribution in [3.8, 4) is 5.69 Å². The van der Waals surface area contributed by atoms with Gasteiger partial charge in [0.05, 0.1) is 23.1 Å². The van der Waals surface area contributed by atoms with E-state index in [-0.39, 0.29) is 11.9 Å². The maximum atomic E-state index is 12.9. The third kappa shape index (κ3) is 3.10. The van der Waals surface area contributed by atoms with Gasteiger partial charge in [-0.3, -0.25) is 9.20 Å². The zero-order chi connectivity index (χ0) is 19.8. The summed E-state index contributed by atoms with van der Waals surface area (Å²) in [5, 5.41) is 15.6. The van der Waals surface area contributed by atoms with E-state index in [1.165, 1.54) is 0 Å². The van der Waals surface area contributed by atoms with Crippen molar-refractivity contribution in [3.05, 3.63) is 66.5 Å². The van der Waals surface area contributed by atoms with Gasteiger partial charge in [-0.2, -0.15) is 5.10 Å². The van der Waals surface area contributed by atoms with E-state index in [0.29, 0.717) is 12.1 Å². The van der Waals surface area contributed by atoms with E-state index >= 15 is 0 Å². The van der Waals surface area contributed by atoms with Crippen molar-refractivity contribution < 1.29 is 4.79 Å². The third-order valence-electron chi connectivity index (χ3n) is 5.28. The number of anilines is 1. The number of amides is 1. The number of fused-ring (bicyclic) bond motifs is 1. The van der Waals surface area contributed by atoms with Crippen LogP contribution in [-0.2, 0) is 0 Å². The van der Waals surface area contributed by atoms with E-state index in [4.69, 9.17) is 0 Å². The molecule has 1 amide bonds. The van der Waals surface area contributed by atoms with E-state index < -0.39 is 0 Å². The van der Waals surface area contributed by atoms with Crippen LogP contribution in [0, 0.1) is 6.92 Å². The fraction of sp³-hybridized carbons (Fsp3) is 0.250. The van der Waals surface area contributed by atoms with Crippen molar-refractivity contribution in [3.63, 3.8) is 0 Å². The molecular formula is C20H20N8O. The van der Waals surface area contributed by atoms with Crippen molar-refractivity contribution in [1.82, 2.24) is 34.7 Å². The van der Waals surface area contributed by atoms with Gasteiger partial charge in [0.25, 0.3) is 5.91 Å². The minimum absolute atomic E-state index is 0.0342. The summed E-state index contributed by atoms with van der Waals surface area (Å²) in [6.07, 6.45) is 7.68. The van der Waals surface area contributed by atoms with Crippen molar-refractivity contribution >= 4 is 17.4 Å². The number of carbonyl (C=O) groups excluding carboxylic acids is 1. The predicted octanol–water partition coefficient (Wildman–Crippen LogP) is 1.63. The summed E-state index contributed by atoms with van der Waals surface area (Å²) in [6.45, 7) is 3.38. The molecule has 9 heteroatoms. The fourth-order valence-electron chi connectivity index (χ4n) is 3.76. The number of hydrogen-bond donors (Lipinski definition) is 1. The Balaban J connectivity index is 1.30. The maximum absolute atomic E-state index is 12.9. The van der Waals surface area contributed by atoms with Crippen LogP contribution >= 0.6 is 0 Å². The number of para-hydroxylation sites is 1. The van der Waals surface area contributed by atoms with Crippen LogP contribution in [-0.4, -0.2) is 54.4 Å². The van der Waals surface area contributed by atoms with Gasteiger partial charge < -0.3 is 10.2 Å². The Morgan fingerprint density at radius 2 is 2.10 bits per heavy atom. The second-order valence-corrected chi connectivity index (χ2v) is 7.11. The van der Waals surface area contributed by atoms with Crippen LogP contribution < -0.4 is 10.2 Å². The van der Waals surface area contributed by atoms with Crippen molar-refractivity contribution in [1.29, 1.82) is 0 Å². The summed E-state index contributed by atoms with van der Waals surface area (Å²) in [5.41, 5.74) is 3.06. The summed E-state index contributed by atoms with van der Waals surface area (Å²) < 4.78 is 3.63. The first-order chi connectivity index (χ1) is 14.2. The highest BCUT2D eigenvalue weighted by Gasteiger charge is 2.28. The Hall–Kier alpha value is -3.75. The Bertz CT molecular complexity index is 1170. The number of hydrogen-bond acceptors (Lipinski definition) is 6. The molecule has 9 nitrogen and oxygen atoms in total. The molecule has 0 unspecified atom stereocenters. The maximum Gasteiger partial charge on any atom is 0.255 e. The molecule has 1 saturated heterocycles. The van der Waals surface area contributed by atoms with Crippen molar-refractivity contribution in [2.45, 2.75) is 19.4 Å². The van der Waals surface area contributed by atoms with Gasteiger partial charge in [0.15, 0.2) is 5.82 Å². The van der Waals surface area contributed by atoms with Crippen LogP contribution in [0.4, 0.5) is 5.82 Å². The molecule has 0 aliphatic carbocycles. The van der Waals surface area contributed by atoms with Gasteiger partial charge in [-0.1, -0.05) is 18.2 Å². The smallest absolute Gasteiger partial charge is 0.255 e. The first-order valence-electron chi connectivity index (χ1n) is 9.51. The van der Waals surface area contributed by atoms with Gasteiger partial charge in [-0.05, 0) is 25.5 Å². The molecule has 4 aromatic rings. The van der Waals surface area contributed by atoms with Gasteiger partial charge in [0.1, 0.15) is 6.33 Å². The molecule has 29 heavy (non-hydrogen) atoms. The van der Waals surface area contributed by atoms with E-state index in [1.54, 1.807) is 23.4 Å². The molecule has 146 valence electrons. The molecule has 0 bridgehead atoms. The first kappa shape index (κ1) is 17.4. The van der Waals surface area contributed by atoms with Gasteiger partial charge in [-0.15, -0.1) is 10.2 Å². The minimum atomic E-state index is -0.106. The Morgan fingerprint density at radius 1 is 1.24 bits per heavy atom. The largest absolute Gasteiger partial charge is 0.351 e. The van der Waals surface area contributed by atoms with E-state index in [0.717, 1.165) is 35.8 Å². The number of aromatic nitrogens is 6. The minimum Gasteiger partial charge on any atom is -0.351 e. The number of nitrogens with zero attached hydrogens (tertiary/aromatic N) is 7. The topological polar surface area (TPSA) is 93.2 Å². The first-order valence-corrected chi connectivity index (χ1v) is 9.51. The summed E-state index contributed by atoms with van der Waals surface area (Å²) >= 11 is 0. The molecule has 1 N–H and O–H groups in total. The molecule has 5 rings (SSSR count). The average molecular weight is 388 g/mol. The molecule has 1 fully saturated rings. The molecule has 1 aromatic carbocycles. The molecule has 0 spiro atoms. The van der Waals surface area contributed by atoms with Gasteiger partial charge in [0, 0.05) is 31.5 Å². The molecule has 0 saturated carbocycles. The zero-order valence-corrected chi connectivity index (χ0v) is 15.9. The fourth-order valence-corrected chi connectivity index (χ4v) is 3.76. The van der Waals surface area contributed by atoms with Crippen LogP contribution in [0.2, 0.25) is 0 Å². The number of carbonyl (C=O) groups is 1. The molecular weight excluding hydrogens is 368 g/mol. The summed E-state index contributed by atoms with van der Waals surface area (Å²) in [5.74, 6) is 0.681. The lowest BCUT2D eigenvalue weighted by Gasteiger charge is -2.18. The van der Waals surface area contributed by atoms with Crippen LogP contribution in [0.25, 0.3) is 11.3 Å². The average Bonchev–Trinajstić information content (AvgIpc) is 3.47. The highest BCUT2D eigenvalue weighted by Crippen LogP contribution is 2.22. The van der Waals surface area contributed by atoms with Gasteiger partial charge >= 0.3 is 0 Å². The van der Waals surface area contributed by atoms with Crippen LogP contribution in [0.1, 0.15) is 22.5 Å². The predicted molar refractivity (Wildman–Crippen MR) is 107 cm³/mol. The van der Waals surface area contributed by atoms with Gasteiger partial charge in [0.2, 0.25) is 5.65 Å². The molecule has 1 atom stereocenters. The lowest BCUT2D eigenvalue weighted by molar-refractivity contribution is 0.0939. The molecule has 1 aliphatic rings. The molecule has 4 heterocycles. The second-order valence-electron chi connectivity index (χ2n) is 7.11. The zero-order valence-electron chi connectivity index (χ0n) is 15.9. The highest BCUT2D eigenvalue weighted by molar-refractivity contribution is 5.95. The number of benzene rings is 1. The number of nitrogens with one attached hydrogen (secondary N) is 1. The normalized spacial score (nSPS) is 16.4. The summed E-state index contributed by atoms with van der Waals surface area (Å²) in [4.78, 5) is 19.4. The Labute approximate surface area is 167 Å². The second kappa shape index (κ2) is 7.01. The molecule has 0 radical (unpaired) electrons. The van der Waals surface area contributed by atoms with Crippen LogP contribution in [0.15, 0.2) is 55.2 Å². The van der Waals surface area contributed by atoms with Crippen LogP contribution in [0.3, 0.4) is 0 Å². The number of rotatable bonds is 4. The molecule has 3 aromatic heterocycles. The Kier molecular flexibility index (Phi) is 4.19. The summed E-state index contributed by atoms with van der Waals surface area (Å²) in [7, 11) is 0. The van der Waals surface area contributed by atoms with Crippen molar-refractivity contribution in [2.75, 3.05) is 18.0 Å². The Morgan fingerprint density at radius 3 is 2.97 bits per heavy atom. The molecule has 1 aliphatic heterocycles. The van der Waals surface area contributed by atoms with E-state index in [2.05, 4.69) is 30.5 Å². The standard InChI is InChI=1S/C20H20N8O/c1-14-17(11-23-28(14)16-5-3-2-4-6-16)20(29)24-15-7-9-26(12-15)18-19-25-22-13-27(19)10-8-21-18/h2-6,8,10-11,13,15H,7,9,12H2,1H3,(H,24,29)/t15-/m0/s1. The third-order valence-corrected chi connectivity index (χ3v) is 5.28. The van der Waals surface area contributed by atoms with E-state index in [1.807, 2.05) is 47.9 Å². The quantitative estimate of drug-likeness (QED) is 0.571. The van der Waals surface area contributed by atoms with Gasteiger partial charge in [-0.25, -0.2) is 9.67 Å². The van der Waals surface area contributed by atoms with Crippen LogP contribution in [0.5, 0.6) is 0 Å². The lowest BCUT2D eigenvalue weighted by Crippen LogP contribution is -2.37. The lowest BCUT2D eigenvalue weighted by atomic mass is 10.2. The summed E-state index contributed by atoms with van der Waals surface area (Å²) in [6, 6.07) is 9.83. The van der Waals surface area contributed by atoms with Crippen molar-refractivity contribution in [2.24, 2.45) is 0 Å². The monoisotopic (exact) mass is 388 g/mol. The SMILES string of the molecule is Cc1c(C(=O)N[C@H]2CCN(c3nccn4cnnc34)C2)cnn1-c1ccccc1. The van der Waals surface area contributed by atoms with E-state index in [9.17, 15) is 4.79 Å². The highest BCUT2D eigenvalue weighted by atomic mass is 16.1.